The minimum atomic E-state index is -0.489. The van der Waals surface area contributed by atoms with Crippen molar-refractivity contribution in [3.05, 3.63) is 35.4 Å². The molecule has 2 nitrogen and oxygen atoms in total. The molecule has 2 heterocycles. The zero-order valence-electron chi connectivity index (χ0n) is 17.0. The number of hydrogen-bond donors (Lipinski definition) is 0. The van der Waals surface area contributed by atoms with Gasteiger partial charge in [-0.2, -0.15) is 0 Å². The number of halogens is 2. The Bertz CT molecular complexity index is 656. The second-order valence-corrected chi connectivity index (χ2v) is 9.58. The van der Waals surface area contributed by atoms with E-state index in [1.54, 1.807) is 6.07 Å². The summed E-state index contributed by atoms with van der Waals surface area (Å²) in [6.07, 6.45) is 6.23. The van der Waals surface area contributed by atoms with E-state index in [1.165, 1.54) is 38.3 Å². The van der Waals surface area contributed by atoms with E-state index in [1.807, 2.05) is 0 Å². The largest absolute Gasteiger partial charge is 0.300 e. The van der Waals surface area contributed by atoms with E-state index in [9.17, 15) is 8.78 Å². The van der Waals surface area contributed by atoms with E-state index in [0.717, 1.165) is 43.5 Å². The first-order valence-electron chi connectivity index (χ1n) is 10.9. The zero-order valence-corrected chi connectivity index (χ0v) is 17.0. The first kappa shape index (κ1) is 19.3. The van der Waals surface area contributed by atoms with Crippen LogP contribution in [0.5, 0.6) is 0 Å². The maximum Gasteiger partial charge on any atom is 0.129 e. The monoisotopic (exact) mass is 376 g/mol. The summed E-state index contributed by atoms with van der Waals surface area (Å²) in [7, 11) is 0. The summed E-state index contributed by atoms with van der Waals surface area (Å²) < 4.78 is 26.9. The lowest BCUT2D eigenvalue weighted by Crippen LogP contribution is -2.64. The molecule has 0 radical (unpaired) electrons. The molecular formula is C23H34F2N2. The van der Waals surface area contributed by atoms with Crippen LogP contribution < -0.4 is 0 Å². The Balaban J connectivity index is 1.27. The van der Waals surface area contributed by atoms with Crippen LogP contribution in [0, 0.1) is 29.4 Å². The van der Waals surface area contributed by atoms with Crippen LogP contribution in [0.3, 0.4) is 0 Å². The minimum absolute atomic E-state index is 0.395. The summed E-state index contributed by atoms with van der Waals surface area (Å²) in [4.78, 5) is 5.28. The van der Waals surface area contributed by atoms with Crippen molar-refractivity contribution in [2.75, 3.05) is 19.6 Å². The fourth-order valence-corrected chi connectivity index (χ4v) is 5.86. The van der Waals surface area contributed by atoms with Crippen LogP contribution in [0.4, 0.5) is 8.78 Å². The van der Waals surface area contributed by atoms with Crippen molar-refractivity contribution >= 4 is 0 Å². The Hall–Kier alpha value is -1.00. The van der Waals surface area contributed by atoms with E-state index in [2.05, 4.69) is 30.6 Å². The summed E-state index contributed by atoms with van der Waals surface area (Å²) in [5.74, 6) is 1.39. The molecule has 3 fully saturated rings. The fourth-order valence-electron chi connectivity index (χ4n) is 5.86. The minimum Gasteiger partial charge on any atom is -0.300 e. The van der Waals surface area contributed by atoms with Crippen LogP contribution in [0.25, 0.3) is 0 Å². The molecule has 1 aromatic rings. The van der Waals surface area contributed by atoms with Crippen molar-refractivity contribution in [2.45, 2.75) is 71.0 Å². The molecule has 0 bridgehead atoms. The topological polar surface area (TPSA) is 6.48 Å². The molecule has 4 atom stereocenters. The highest BCUT2D eigenvalue weighted by Gasteiger charge is 2.47. The van der Waals surface area contributed by atoms with Crippen LogP contribution in [0.2, 0.25) is 0 Å². The number of hydrogen-bond acceptors (Lipinski definition) is 2. The number of likely N-dealkylation sites (tertiary alicyclic amines) is 2. The predicted molar refractivity (Wildman–Crippen MR) is 106 cm³/mol. The van der Waals surface area contributed by atoms with Crippen molar-refractivity contribution in [3.63, 3.8) is 0 Å². The Morgan fingerprint density at radius 3 is 2.56 bits per heavy atom. The van der Waals surface area contributed by atoms with Crippen LogP contribution in [-0.2, 0) is 6.42 Å². The molecule has 2 saturated heterocycles. The molecular weight excluding hydrogens is 342 g/mol. The molecule has 2 aliphatic heterocycles. The number of rotatable bonds is 6. The van der Waals surface area contributed by atoms with Crippen LogP contribution in [-0.4, -0.2) is 47.6 Å². The highest BCUT2D eigenvalue weighted by Crippen LogP contribution is 2.44. The standard InChI is InChI=1S/C23H34F2N2/c1-15(2)27-14-20-6-4-5-19(23(20)27)9-16(3)26-12-17(13-26)10-18-7-8-21(24)11-22(18)25/h7-8,11,15-17,19-20,23H,4-6,9-10,12-14H2,1-3H3. The van der Waals surface area contributed by atoms with E-state index in [4.69, 9.17) is 0 Å². The average molecular weight is 377 g/mol. The summed E-state index contributed by atoms with van der Waals surface area (Å²) in [6, 6.07) is 6.07. The highest BCUT2D eigenvalue weighted by atomic mass is 19.1. The quantitative estimate of drug-likeness (QED) is 0.708. The summed E-state index contributed by atoms with van der Waals surface area (Å²) >= 11 is 0. The van der Waals surface area contributed by atoms with Crippen molar-refractivity contribution in [2.24, 2.45) is 17.8 Å². The van der Waals surface area contributed by atoms with Crippen LogP contribution >= 0.6 is 0 Å². The van der Waals surface area contributed by atoms with Gasteiger partial charge in [0.15, 0.2) is 0 Å². The summed E-state index contributed by atoms with van der Waals surface area (Å²) in [5, 5.41) is 0. The third-order valence-corrected chi connectivity index (χ3v) is 7.38. The number of nitrogens with zero attached hydrogens (tertiary/aromatic N) is 2. The molecule has 1 aromatic carbocycles. The lowest BCUT2D eigenvalue weighted by Gasteiger charge is -2.57. The van der Waals surface area contributed by atoms with Gasteiger partial charge in [-0.1, -0.05) is 12.5 Å². The average Bonchev–Trinajstić information content (AvgIpc) is 2.53. The molecule has 4 heteroatoms. The Morgan fingerprint density at radius 1 is 1.07 bits per heavy atom. The highest BCUT2D eigenvalue weighted by molar-refractivity contribution is 5.19. The first-order valence-corrected chi connectivity index (χ1v) is 10.9. The van der Waals surface area contributed by atoms with Crippen molar-refractivity contribution in [1.82, 2.24) is 9.80 Å². The second-order valence-electron chi connectivity index (χ2n) is 9.58. The molecule has 4 rings (SSSR count). The van der Waals surface area contributed by atoms with Gasteiger partial charge in [0, 0.05) is 43.8 Å². The van der Waals surface area contributed by atoms with Gasteiger partial charge in [0.1, 0.15) is 11.6 Å². The Morgan fingerprint density at radius 2 is 1.85 bits per heavy atom. The lowest BCUT2D eigenvalue weighted by molar-refractivity contribution is -0.0812. The van der Waals surface area contributed by atoms with E-state index < -0.39 is 11.6 Å². The first-order chi connectivity index (χ1) is 12.9. The number of fused-ring (bicyclic) bond motifs is 1. The van der Waals surface area contributed by atoms with Crippen molar-refractivity contribution < 1.29 is 8.78 Å². The number of benzene rings is 1. The van der Waals surface area contributed by atoms with E-state index in [-0.39, 0.29) is 0 Å². The van der Waals surface area contributed by atoms with Gasteiger partial charge in [0.25, 0.3) is 0 Å². The molecule has 0 N–H and O–H groups in total. The third-order valence-electron chi connectivity index (χ3n) is 7.38. The molecule has 3 aliphatic rings. The van der Waals surface area contributed by atoms with Crippen molar-refractivity contribution in [1.29, 1.82) is 0 Å². The SMILES string of the molecule is CC(CC1CCCC2CN(C(C)C)C12)N1CC(Cc2ccc(F)cc2F)C1. The maximum absolute atomic E-state index is 13.9. The van der Waals surface area contributed by atoms with Gasteiger partial charge in [-0.05, 0) is 75.8 Å². The second kappa shape index (κ2) is 7.79. The molecule has 150 valence electrons. The smallest absolute Gasteiger partial charge is 0.129 e. The van der Waals surface area contributed by atoms with E-state index >= 15 is 0 Å². The molecule has 4 unspecified atom stereocenters. The van der Waals surface area contributed by atoms with Gasteiger partial charge < -0.3 is 0 Å². The molecule has 0 spiro atoms. The van der Waals surface area contributed by atoms with Gasteiger partial charge in [-0.25, -0.2) is 8.78 Å². The predicted octanol–water partition coefficient (Wildman–Crippen LogP) is 4.73. The summed E-state index contributed by atoms with van der Waals surface area (Å²) in [5.41, 5.74) is 0.658. The Kier molecular flexibility index (Phi) is 5.57. The van der Waals surface area contributed by atoms with Gasteiger partial charge in [0.05, 0.1) is 0 Å². The zero-order chi connectivity index (χ0) is 19.1. The van der Waals surface area contributed by atoms with E-state index in [0.29, 0.717) is 23.6 Å². The molecule has 0 aromatic heterocycles. The van der Waals surface area contributed by atoms with Gasteiger partial charge in [-0.15, -0.1) is 0 Å². The molecule has 0 amide bonds. The normalized spacial score (nSPS) is 30.7. The van der Waals surface area contributed by atoms with Gasteiger partial charge >= 0.3 is 0 Å². The van der Waals surface area contributed by atoms with Crippen LogP contribution in [0.1, 0.15) is 52.0 Å². The molecule has 27 heavy (non-hydrogen) atoms. The van der Waals surface area contributed by atoms with Gasteiger partial charge in [0.2, 0.25) is 0 Å². The maximum atomic E-state index is 13.9. The lowest BCUT2D eigenvalue weighted by atomic mass is 9.68. The fraction of sp³-hybridized carbons (Fsp3) is 0.739. The Labute approximate surface area is 162 Å². The van der Waals surface area contributed by atoms with Crippen LogP contribution in [0.15, 0.2) is 18.2 Å². The molecule has 1 saturated carbocycles. The van der Waals surface area contributed by atoms with Gasteiger partial charge in [-0.3, -0.25) is 9.80 Å². The third kappa shape index (κ3) is 3.93. The van der Waals surface area contributed by atoms with Crippen molar-refractivity contribution in [3.8, 4) is 0 Å². The summed E-state index contributed by atoms with van der Waals surface area (Å²) in [6.45, 7) is 10.4. The molecule has 1 aliphatic carbocycles.